The molecule has 0 heterocycles. The van der Waals surface area contributed by atoms with Gasteiger partial charge in [-0.05, 0) is 31.9 Å². The van der Waals surface area contributed by atoms with Gasteiger partial charge < -0.3 is 36.6 Å². The zero-order valence-corrected chi connectivity index (χ0v) is 26.5. The van der Waals surface area contributed by atoms with Crippen LogP contribution in [0.4, 0.5) is 0 Å². The minimum Gasteiger partial charge on any atom is -1.00 e. The van der Waals surface area contributed by atoms with Crippen LogP contribution in [0.5, 0.6) is 0 Å². The lowest BCUT2D eigenvalue weighted by molar-refractivity contribution is -0.890. The third-order valence-electron chi connectivity index (χ3n) is 7.67. The quantitative estimate of drug-likeness (QED) is 0.0830. The van der Waals surface area contributed by atoms with Crippen LogP contribution in [0.2, 0.25) is 12.6 Å². The van der Waals surface area contributed by atoms with Gasteiger partial charge in [0, 0.05) is 6.61 Å². The highest BCUT2D eigenvalue weighted by atomic mass is 35.5. The SMILES string of the molecule is CCCCCCCCCCCCCCCCCC[N+](C)(C)CCC[SiH](C)OCC(CO)(CO)CO.[Cl-]. The van der Waals surface area contributed by atoms with Gasteiger partial charge in [0.15, 0.2) is 9.04 Å². The number of aliphatic hydroxyl groups excluding tert-OH is 3. The number of quaternary nitrogens is 1. The van der Waals surface area contributed by atoms with Gasteiger partial charge in [0.1, 0.15) is 0 Å². The standard InChI is InChI=1S/C29H64NO4Si.ClH/c1-5-6-7-8-9-10-11-12-13-14-15-16-17-18-19-20-22-30(2,3)23-21-24-35(4)34-28-29(25-31,26-32)27-33;/h31-33,35H,5-28H2,1-4H3;1H/q+1;/p-1. The van der Waals surface area contributed by atoms with E-state index in [1.54, 1.807) is 0 Å². The molecule has 0 bridgehead atoms. The molecular weight excluding hydrogens is 490 g/mol. The number of nitrogens with zero attached hydrogens (tertiary/aromatic N) is 1. The minimum absolute atomic E-state index is 0. The highest BCUT2D eigenvalue weighted by Gasteiger charge is 2.29. The summed E-state index contributed by atoms with van der Waals surface area (Å²) in [5, 5.41) is 28.3. The normalized spacial score (nSPS) is 13.1. The van der Waals surface area contributed by atoms with Crippen LogP contribution in [0.3, 0.4) is 0 Å². The predicted molar refractivity (Wildman–Crippen MR) is 153 cm³/mol. The Hall–Kier alpha value is 0.307. The molecule has 0 aromatic rings. The van der Waals surface area contributed by atoms with Gasteiger partial charge in [-0.3, -0.25) is 0 Å². The molecule has 0 aliphatic heterocycles. The summed E-state index contributed by atoms with van der Waals surface area (Å²) < 4.78 is 7.02. The summed E-state index contributed by atoms with van der Waals surface area (Å²) >= 11 is 0. The van der Waals surface area contributed by atoms with Crippen molar-refractivity contribution in [2.75, 3.05) is 53.6 Å². The van der Waals surface area contributed by atoms with E-state index in [-0.39, 0.29) is 38.8 Å². The van der Waals surface area contributed by atoms with Gasteiger partial charge in [-0.1, -0.05) is 96.8 Å². The first-order valence-corrected chi connectivity index (χ1v) is 17.5. The first-order chi connectivity index (χ1) is 16.8. The topological polar surface area (TPSA) is 69.9 Å². The molecule has 0 aliphatic carbocycles. The Morgan fingerprint density at radius 2 is 0.972 bits per heavy atom. The van der Waals surface area contributed by atoms with Crippen molar-refractivity contribution < 1.29 is 36.6 Å². The maximum Gasteiger partial charge on any atom is 0.174 e. The first-order valence-electron chi connectivity index (χ1n) is 15.1. The second-order valence-corrected chi connectivity index (χ2v) is 14.5. The Labute approximate surface area is 233 Å². The lowest BCUT2D eigenvalue weighted by Gasteiger charge is -2.31. The van der Waals surface area contributed by atoms with E-state index >= 15 is 0 Å². The minimum atomic E-state index is -1.34. The molecule has 36 heavy (non-hydrogen) atoms. The number of hydrogen-bond acceptors (Lipinski definition) is 4. The Balaban J connectivity index is 0. The Morgan fingerprint density at radius 1 is 0.611 bits per heavy atom. The zero-order valence-electron chi connectivity index (χ0n) is 24.6. The molecule has 0 spiro atoms. The summed E-state index contributed by atoms with van der Waals surface area (Å²) in [6.45, 7) is 6.40. The number of aliphatic hydroxyl groups is 3. The molecule has 220 valence electrons. The zero-order chi connectivity index (χ0) is 26.3. The Kier molecular flexibility index (Phi) is 27.3. The monoisotopic (exact) mass is 553 g/mol. The van der Waals surface area contributed by atoms with Crippen molar-refractivity contribution in [2.24, 2.45) is 5.41 Å². The van der Waals surface area contributed by atoms with Crippen LogP contribution in [0.25, 0.3) is 0 Å². The average Bonchev–Trinajstić information content (AvgIpc) is 2.85. The maximum atomic E-state index is 9.42. The average molecular weight is 554 g/mol. The summed E-state index contributed by atoms with van der Waals surface area (Å²) in [5.74, 6) is 0. The molecule has 1 unspecified atom stereocenters. The lowest BCUT2D eigenvalue weighted by Crippen LogP contribution is -3.00. The Morgan fingerprint density at radius 3 is 1.36 bits per heavy atom. The summed E-state index contributed by atoms with van der Waals surface area (Å²) in [6.07, 6.45) is 23.8. The van der Waals surface area contributed by atoms with E-state index in [4.69, 9.17) is 4.43 Å². The predicted octanol–water partition coefficient (Wildman–Crippen LogP) is 3.05. The van der Waals surface area contributed by atoms with E-state index in [0.29, 0.717) is 0 Å². The van der Waals surface area contributed by atoms with E-state index in [9.17, 15) is 15.3 Å². The third-order valence-corrected chi connectivity index (χ3v) is 9.63. The highest BCUT2D eigenvalue weighted by Crippen LogP contribution is 2.17. The van der Waals surface area contributed by atoms with Gasteiger partial charge in [0.25, 0.3) is 0 Å². The first kappa shape index (κ1) is 38.5. The molecule has 0 rings (SSSR count). The molecule has 1 atom stereocenters. The van der Waals surface area contributed by atoms with Crippen LogP contribution in [-0.2, 0) is 4.43 Å². The van der Waals surface area contributed by atoms with Crippen molar-refractivity contribution in [1.82, 2.24) is 0 Å². The van der Waals surface area contributed by atoms with Gasteiger partial charge in [0.05, 0.1) is 52.4 Å². The van der Waals surface area contributed by atoms with Crippen molar-refractivity contribution in [2.45, 2.75) is 129 Å². The molecule has 0 fully saturated rings. The molecule has 5 nitrogen and oxygen atoms in total. The van der Waals surface area contributed by atoms with Crippen LogP contribution in [0.1, 0.15) is 116 Å². The maximum absolute atomic E-state index is 9.42. The van der Waals surface area contributed by atoms with Crippen molar-refractivity contribution in [3.8, 4) is 0 Å². The number of rotatable bonds is 27. The lowest BCUT2D eigenvalue weighted by atomic mass is 9.93. The molecule has 0 aromatic heterocycles. The summed E-state index contributed by atoms with van der Waals surface area (Å²) in [4.78, 5) is 0. The third kappa shape index (κ3) is 22.3. The molecule has 0 amide bonds. The summed E-state index contributed by atoms with van der Waals surface area (Å²) in [7, 11) is 3.34. The largest absolute Gasteiger partial charge is 1.00 e. The fourth-order valence-electron chi connectivity index (χ4n) is 4.70. The molecule has 0 aromatic carbocycles. The molecule has 3 N–H and O–H groups in total. The van der Waals surface area contributed by atoms with E-state index in [0.717, 1.165) is 16.9 Å². The fraction of sp³-hybridized carbons (Fsp3) is 1.00. The number of halogens is 1. The van der Waals surface area contributed by atoms with Crippen molar-refractivity contribution in [1.29, 1.82) is 0 Å². The van der Waals surface area contributed by atoms with Crippen molar-refractivity contribution in [3.05, 3.63) is 0 Å². The smallest absolute Gasteiger partial charge is 0.174 e. The molecule has 0 aliphatic rings. The molecule has 0 saturated heterocycles. The highest BCUT2D eigenvalue weighted by molar-refractivity contribution is 6.50. The van der Waals surface area contributed by atoms with Crippen LogP contribution < -0.4 is 12.4 Å². The van der Waals surface area contributed by atoms with Crippen LogP contribution in [0.15, 0.2) is 0 Å². The van der Waals surface area contributed by atoms with Gasteiger partial charge in [0.2, 0.25) is 0 Å². The van der Waals surface area contributed by atoms with Gasteiger partial charge in [-0.25, -0.2) is 0 Å². The molecule has 0 radical (unpaired) electrons. The summed E-state index contributed by atoms with van der Waals surface area (Å²) in [5.41, 5.74) is -0.899. The van der Waals surface area contributed by atoms with E-state index in [2.05, 4.69) is 27.6 Å². The van der Waals surface area contributed by atoms with Crippen LogP contribution in [0, 0.1) is 5.41 Å². The second kappa shape index (κ2) is 25.6. The summed E-state index contributed by atoms with van der Waals surface area (Å²) in [6, 6.07) is 1.10. The number of hydrogen-bond donors (Lipinski definition) is 3. The van der Waals surface area contributed by atoms with Gasteiger partial charge in [-0.15, -0.1) is 0 Å². The van der Waals surface area contributed by atoms with Crippen LogP contribution in [-0.4, -0.2) is 82.5 Å². The second-order valence-electron chi connectivity index (χ2n) is 11.9. The molecular formula is C29H64ClNO4Si. The van der Waals surface area contributed by atoms with Crippen molar-refractivity contribution in [3.63, 3.8) is 0 Å². The fourth-order valence-corrected chi connectivity index (χ4v) is 6.26. The molecule has 7 heteroatoms. The van der Waals surface area contributed by atoms with Gasteiger partial charge >= 0.3 is 0 Å². The van der Waals surface area contributed by atoms with Gasteiger partial charge in [-0.2, -0.15) is 0 Å². The van der Waals surface area contributed by atoms with Crippen molar-refractivity contribution >= 4 is 9.04 Å². The Bertz CT molecular complexity index is 445. The van der Waals surface area contributed by atoms with E-state index < -0.39 is 14.5 Å². The van der Waals surface area contributed by atoms with Crippen LogP contribution >= 0.6 is 0 Å². The molecule has 0 saturated carbocycles. The number of unbranched alkanes of at least 4 members (excludes halogenated alkanes) is 15. The van der Waals surface area contributed by atoms with E-state index in [1.165, 1.54) is 116 Å². The van der Waals surface area contributed by atoms with E-state index in [1.807, 2.05) is 0 Å².